The number of nitrogens with one attached hydrogen (secondary N) is 2. The van der Waals surface area contributed by atoms with Gasteiger partial charge < -0.3 is 10.6 Å². The highest BCUT2D eigenvalue weighted by atomic mass is 35.5. The molecule has 0 saturated heterocycles. The molecule has 2 rings (SSSR count). The second kappa shape index (κ2) is 8.84. The summed E-state index contributed by atoms with van der Waals surface area (Å²) >= 11 is 5.64. The van der Waals surface area contributed by atoms with Crippen molar-refractivity contribution in [3.8, 4) is 0 Å². The molecule has 4 nitrogen and oxygen atoms in total. The normalized spacial score (nSPS) is 10.6. The van der Waals surface area contributed by atoms with Crippen molar-refractivity contribution in [3.05, 3.63) is 71.0 Å². The van der Waals surface area contributed by atoms with Gasteiger partial charge in [-0.15, -0.1) is 0 Å². The highest BCUT2D eigenvalue weighted by Gasteiger charge is 2.09. The lowest BCUT2D eigenvalue weighted by Gasteiger charge is -2.07. The van der Waals surface area contributed by atoms with E-state index in [1.165, 1.54) is 24.3 Å². The van der Waals surface area contributed by atoms with Crippen LogP contribution in [0.5, 0.6) is 0 Å². The van der Waals surface area contributed by atoms with Crippen molar-refractivity contribution >= 4 is 35.2 Å². The Morgan fingerprint density at radius 3 is 2.58 bits per heavy atom. The number of hydrogen-bond donors (Lipinski definition) is 2. The largest absolute Gasteiger partial charge is 0.352 e. The Balaban J connectivity index is 1.75. The van der Waals surface area contributed by atoms with Gasteiger partial charge in [-0.2, -0.15) is 0 Å². The molecule has 2 N–H and O–H groups in total. The monoisotopic (exact) mass is 346 g/mol. The van der Waals surface area contributed by atoms with Crippen molar-refractivity contribution in [2.75, 3.05) is 11.9 Å². The number of anilines is 1. The molecule has 0 aromatic heterocycles. The van der Waals surface area contributed by atoms with Gasteiger partial charge in [0, 0.05) is 19.0 Å². The molecule has 0 aliphatic carbocycles. The van der Waals surface area contributed by atoms with Gasteiger partial charge in [0.1, 0.15) is 0 Å². The molecular weight excluding hydrogens is 331 g/mol. The third-order valence-electron chi connectivity index (χ3n) is 3.10. The van der Waals surface area contributed by atoms with E-state index < -0.39 is 11.7 Å². The van der Waals surface area contributed by atoms with E-state index in [2.05, 4.69) is 10.6 Å². The zero-order valence-electron chi connectivity index (χ0n) is 12.8. The fourth-order valence-electron chi connectivity index (χ4n) is 1.91. The zero-order chi connectivity index (χ0) is 17.4. The molecule has 2 aromatic rings. The summed E-state index contributed by atoms with van der Waals surface area (Å²) in [4.78, 5) is 23.4. The van der Waals surface area contributed by atoms with Gasteiger partial charge in [0.25, 0.3) is 0 Å². The Morgan fingerprint density at radius 1 is 1.08 bits per heavy atom. The van der Waals surface area contributed by atoms with Crippen LogP contribution in [0.4, 0.5) is 10.1 Å². The highest BCUT2D eigenvalue weighted by Crippen LogP contribution is 2.21. The lowest BCUT2D eigenvalue weighted by atomic mass is 10.2. The molecule has 0 spiro atoms. The van der Waals surface area contributed by atoms with Crippen LogP contribution >= 0.6 is 11.6 Å². The van der Waals surface area contributed by atoms with Crippen LogP contribution in [-0.2, 0) is 9.59 Å². The molecule has 0 unspecified atom stereocenters. The minimum Gasteiger partial charge on any atom is -0.352 e. The van der Waals surface area contributed by atoms with Crippen LogP contribution in [0.2, 0.25) is 5.02 Å². The summed E-state index contributed by atoms with van der Waals surface area (Å²) in [6.45, 7) is 0.145. The van der Waals surface area contributed by atoms with Crippen LogP contribution in [0.25, 0.3) is 6.08 Å². The standard InChI is InChI=1S/C18H16ClFN2O2/c19-14-7-4-8-15(18(14)20)22-17(24)11-12-21-16(23)10-9-13-5-2-1-3-6-13/h1-10H,11-12H2,(H,21,23)(H,22,24)/b10-9+. The quantitative estimate of drug-likeness (QED) is 0.785. The Hall–Kier alpha value is -2.66. The number of rotatable bonds is 6. The van der Waals surface area contributed by atoms with Crippen molar-refractivity contribution < 1.29 is 14.0 Å². The van der Waals surface area contributed by atoms with Gasteiger partial charge in [-0.3, -0.25) is 9.59 Å². The first kappa shape index (κ1) is 17.7. The molecule has 0 bridgehead atoms. The van der Waals surface area contributed by atoms with Crippen LogP contribution in [0.3, 0.4) is 0 Å². The first-order valence-electron chi connectivity index (χ1n) is 7.31. The predicted octanol–water partition coefficient (Wildman–Crippen LogP) is 3.64. The number of amides is 2. The second-order valence-electron chi connectivity index (χ2n) is 4.93. The molecule has 0 aliphatic rings. The van der Waals surface area contributed by atoms with Crippen molar-refractivity contribution in [2.45, 2.75) is 6.42 Å². The summed E-state index contributed by atoms with van der Waals surface area (Å²) in [7, 11) is 0. The molecular formula is C18H16ClFN2O2. The fraction of sp³-hybridized carbons (Fsp3) is 0.111. The Bertz CT molecular complexity index is 748. The van der Waals surface area contributed by atoms with Crippen LogP contribution in [0.15, 0.2) is 54.6 Å². The van der Waals surface area contributed by atoms with Crippen LogP contribution in [-0.4, -0.2) is 18.4 Å². The topological polar surface area (TPSA) is 58.2 Å². The molecule has 0 atom stereocenters. The molecule has 124 valence electrons. The van der Waals surface area contributed by atoms with Crippen molar-refractivity contribution in [1.29, 1.82) is 0 Å². The average molecular weight is 347 g/mol. The minimum absolute atomic E-state index is 0.0165. The Morgan fingerprint density at radius 2 is 1.83 bits per heavy atom. The van der Waals surface area contributed by atoms with Gasteiger partial charge in [0.2, 0.25) is 11.8 Å². The zero-order valence-corrected chi connectivity index (χ0v) is 13.5. The molecule has 0 heterocycles. The van der Waals surface area contributed by atoms with E-state index >= 15 is 0 Å². The Kier molecular flexibility index (Phi) is 6.51. The van der Waals surface area contributed by atoms with Gasteiger partial charge in [-0.25, -0.2) is 4.39 Å². The highest BCUT2D eigenvalue weighted by molar-refractivity contribution is 6.31. The van der Waals surface area contributed by atoms with Crippen LogP contribution in [0, 0.1) is 5.82 Å². The SMILES string of the molecule is O=C(/C=C/c1ccccc1)NCCC(=O)Nc1cccc(Cl)c1F. The summed E-state index contributed by atoms with van der Waals surface area (Å²) in [5.41, 5.74) is 0.921. The van der Waals surface area contributed by atoms with E-state index in [0.29, 0.717) is 0 Å². The van der Waals surface area contributed by atoms with Gasteiger partial charge >= 0.3 is 0 Å². The van der Waals surface area contributed by atoms with E-state index in [1.807, 2.05) is 30.3 Å². The number of benzene rings is 2. The summed E-state index contributed by atoms with van der Waals surface area (Å²) in [5.74, 6) is -1.40. The summed E-state index contributed by atoms with van der Waals surface area (Å²) in [6.07, 6.45) is 3.09. The summed E-state index contributed by atoms with van der Waals surface area (Å²) in [5, 5.41) is 4.94. The molecule has 0 aliphatic heterocycles. The molecule has 0 radical (unpaired) electrons. The van der Waals surface area contributed by atoms with E-state index in [-0.39, 0.29) is 29.6 Å². The predicted molar refractivity (Wildman–Crippen MR) is 93.1 cm³/mol. The molecule has 0 fully saturated rings. The molecule has 0 saturated carbocycles. The molecule has 2 aromatic carbocycles. The fourth-order valence-corrected chi connectivity index (χ4v) is 2.08. The van der Waals surface area contributed by atoms with Gasteiger partial charge in [0.05, 0.1) is 10.7 Å². The Labute approximate surface area is 144 Å². The van der Waals surface area contributed by atoms with Crippen molar-refractivity contribution in [1.82, 2.24) is 5.32 Å². The third-order valence-corrected chi connectivity index (χ3v) is 3.40. The minimum atomic E-state index is -0.678. The third kappa shape index (κ3) is 5.52. The second-order valence-corrected chi connectivity index (χ2v) is 5.34. The maximum absolute atomic E-state index is 13.6. The van der Waals surface area contributed by atoms with Crippen LogP contribution < -0.4 is 10.6 Å². The van der Waals surface area contributed by atoms with E-state index in [0.717, 1.165) is 5.56 Å². The number of hydrogen-bond acceptors (Lipinski definition) is 2. The van der Waals surface area contributed by atoms with Crippen LogP contribution in [0.1, 0.15) is 12.0 Å². The lowest BCUT2D eigenvalue weighted by molar-refractivity contribution is -0.117. The van der Waals surface area contributed by atoms with Crippen molar-refractivity contribution in [2.24, 2.45) is 0 Å². The summed E-state index contributed by atoms with van der Waals surface area (Å²) in [6, 6.07) is 13.7. The molecule has 6 heteroatoms. The van der Waals surface area contributed by atoms with Gasteiger partial charge in [-0.05, 0) is 23.8 Å². The number of halogens is 2. The first-order chi connectivity index (χ1) is 11.6. The van der Waals surface area contributed by atoms with E-state index in [1.54, 1.807) is 6.08 Å². The first-order valence-corrected chi connectivity index (χ1v) is 7.69. The van der Waals surface area contributed by atoms with Gasteiger partial charge in [0.15, 0.2) is 5.82 Å². The van der Waals surface area contributed by atoms with Gasteiger partial charge in [-0.1, -0.05) is 48.0 Å². The number of carbonyl (C=O) groups is 2. The van der Waals surface area contributed by atoms with E-state index in [9.17, 15) is 14.0 Å². The maximum atomic E-state index is 13.6. The summed E-state index contributed by atoms with van der Waals surface area (Å²) < 4.78 is 13.6. The molecule has 24 heavy (non-hydrogen) atoms. The van der Waals surface area contributed by atoms with E-state index in [4.69, 9.17) is 11.6 Å². The number of carbonyl (C=O) groups excluding carboxylic acids is 2. The maximum Gasteiger partial charge on any atom is 0.244 e. The average Bonchev–Trinajstić information content (AvgIpc) is 2.58. The lowest BCUT2D eigenvalue weighted by Crippen LogP contribution is -2.26. The smallest absolute Gasteiger partial charge is 0.244 e. The van der Waals surface area contributed by atoms with Crippen molar-refractivity contribution in [3.63, 3.8) is 0 Å². The molecule has 2 amide bonds.